The molecule has 0 radical (unpaired) electrons. The Hall–Kier alpha value is -0.890. The number of ether oxygens (including phenoxy) is 1. The summed E-state index contributed by atoms with van der Waals surface area (Å²) in [5, 5.41) is 0. The average molecular weight is 313 g/mol. The molecule has 0 bridgehead atoms. The third-order valence-electron chi connectivity index (χ3n) is 2.08. The Balaban J connectivity index is 2.68. The molecule has 1 atom stereocenters. The van der Waals surface area contributed by atoms with E-state index in [9.17, 15) is 17.4 Å². The van der Waals surface area contributed by atoms with Crippen LogP contribution in [0.1, 0.15) is 6.92 Å². The lowest BCUT2D eigenvalue weighted by Gasteiger charge is -2.09. The molecular formula is C11H14F3NO2S2. The third-order valence-corrected chi connectivity index (χ3v) is 4.49. The number of anilines is 1. The molecule has 3 nitrogen and oxygen atoms in total. The van der Waals surface area contributed by atoms with Crippen LogP contribution < -0.4 is 10.5 Å². The van der Waals surface area contributed by atoms with Gasteiger partial charge >= 0.3 is 5.51 Å². The number of thioether (sulfide) groups is 1. The first-order valence-corrected chi connectivity index (χ1v) is 7.75. The number of hydrogen-bond acceptors (Lipinski definition) is 4. The minimum absolute atomic E-state index is 0.107. The second-order valence-electron chi connectivity index (χ2n) is 3.48. The first-order chi connectivity index (χ1) is 8.83. The summed E-state index contributed by atoms with van der Waals surface area (Å²) in [5.41, 5.74) is 1.65. The van der Waals surface area contributed by atoms with Crippen molar-refractivity contribution < 1.29 is 22.1 Å². The lowest BCUT2D eigenvalue weighted by Crippen LogP contribution is -2.09. The van der Waals surface area contributed by atoms with Gasteiger partial charge in [-0.1, -0.05) is 11.8 Å². The van der Waals surface area contributed by atoms with E-state index in [0.717, 1.165) is 0 Å². The number of halogens is 3. The predicted molar refractivity (Wildman–Crippen MR) is 71.8 cm³/mol. The number of benzene rings is 1. The van der Waals surface area contributed by atoms with Crippen molar-refractivity contribution >= 4 is 28.2 Å². The van der Waals surface area contributed by atoms with E-state index in [4.69, 9.17) is 10.5 Å². The standard InChI is InChI=1S/C11H14F3NO2S2/c1-2-17-8-3-4-9(15)10(7-8)19(16)6-5-18-11(12,13)14/h3-4,7H,2,5-6,15H2,1H3. The summed E-state index contributed by atoms with van der Waals surface area (Å²) >= 11 is -0.188. The van der Waals surface area contributed by atoms with Crippen molar-refractivity contribution in [2.45, 2.75) is 17.3 Å². The van der Waals surface area contributed by atoms with E-state index in [1.807, 2.05) is 0 Å². The highest BCUT2D eigenvalue weighted by molar-refractivity contribution is 8.00. The van der Waals surface area contributed by atoms with Crippen LogP contribution in [0.4, 0.5) is 18.9 Å². The Morgan fingerprint density at radius 3 is 2.68 bits per heavy atom. The molecule has 2 N–H and O–H groups in total. The van der Waals surface area contributed by atoms with Crippen LogP contribution >= 0.6 is 11.8 Å². The quantitative estimate of drug-likeness (QED) is 0.820. The van der Waals surface area contributed by atoms with Gasteiger partial charge in [0, 0.05) is 17.2 Å². The summed E-state index contributed by atoms with van der Waals surface area (Å²) < 4.78 is 53.1. The Bertz CT molecular complexity index is 452. The Morgan fingerprint density at radius 2 is 2.11 bits per heavy atom. The highest BCUT2D eigenvalue weighted by atomic mass is 32.2. The predicted octanol–water partition coefficient (Wildman–Crippen LogP) is 3.03. The Labute approximate surface area is 116 Å². The fraction of sp³-hybridized carbons (Fsp3) is 0.455. The van der Waals surface area contributed by atoms with Crippen LogP contribution in [0.25, 0.3) is 0 Å². The van der Waals surface area contributed by atoms with Crippen LogP contribution in [-0.2, 0) is 10.8 Å². The fourth-order valence-electron chi connectivity index (χ4n) is 1.31. The summed E-state index contributed by atoms with van der Waals surface area (Å²) in [6.45, 7) is 2.24. The maximum atomic E-state index is 12.0. The van der Waals surface area contributed by atoms with Crippen molar-refractivity contribution in [2.24, 2.45) is 0 Å². The summed E-state index contributed by atoms with van der Waals surface area (Å²) in [6, 6.07) is 4.67. The molecule has 108 valence electrons. The molecule has 0 aromatic heterocycles. The summed E-state index contributed by atoms with van der Waals surface area (Å²) in [6.07, 6.45) is 0. The van der Waals surface area contributed by atoms with Crippen LogP contribution in [0.3, 0.4) is 0 Å². The summed E-state index contributed by atoms with van der Waals surface area (Å²) in [7, 11) is -1.57. The molecule has 19 heavy (non-hydrogen) atoms. The number of hydrogen-bond donors (Lipinski definition) is 1. The van der Waals surface area contributed by atoms with Gasteiger partial charge in [-0.25, -0.2) is 0 Å². The second kappa shape index (κ2) is 7.04. The smallest absolute Gasteiger partial charge is 0.441 e. The van der Waals surface area contributed by atoms with Crippen molar-refractivity contribution in [3.63, 3.8) is 0 Å². The van der Waals surface area contributed by atoms with Gasteiger partial charge in [0.1, 0.15) is 5.75 Å². The van der Waals surface area contributed by atoms with E-state index in [-0.39, 0.29) is 23.3 Å². The molecule has 0 spiro atoms. The summed E-state index contributed by atoms with van der Waals surface area (Å²) in [4.78, 5) is 0.314. The molecule has 0 saturated heterocycles. The van der Waals surface area contributed by atoms with Gasteiger partial charge in [0.25, 0.3) is 0 Å². The molecule has 1 unspecified atom stereocenters. The van der Waals surface area contributed by atoms with Gasteiger partial charge in [-0.05, 0) is 25.1 Å². The van der Waals surface area contributed by atoms with E-state index < -0.39 is 16.3 Å². The van der Waals surface area contributed by atoms with Gasteiger partial charge in [-0.3, -0.25) is 4.21 Å². The van der Waals surface area contributed by atoms with E-state index >= 15 is 0 Å². The van der Waals surface area contributed by atoms with Gasteiger partial charge in [0.2, 0.25) is 0 Å². The first-order valence-electron chi connectivity index (χ1n) is 5.45. The third kappa shape index (κ3) is 5.73. The average Bonchev–Trinajstić information content (AvgIpc) is 2.30. The van der Waals surface area contributed by atoms with Gasteiger partial charge < -0.3 is 10.5 Å². The zero-order valence-electron chi connectivity index (χ0n) is 10.2. The molecule has 0 heterocycles. The molecule has 8 heteroatoms. The molecule has 1 aromatic rings. The van der Waals surface area contributed by atoms with Crippen LogP contribution in [0.15, 0.2) is 23.1 Å². The summed E-state index contributed by atoms with van der Waals surface area (Å²) in [5.74, 6) is 0.127. The van der Waals surface area contributed by atoms with Gasteiger partial charge in [0.05, 0.1) is 22.3 Å². The molecule has 1 rings (SSSR count). The number of rotatable bonds is 6. The van der Waals surface area contributed by atoms with Crippen LogP contribution in [0.2, 0.25) is 0 Å². The lowest BCUT2D eigenvalue weighted by molar-refractivity contribution is -0.0326. The van der Waals surface area contributed by atoms with E-state index in [1.165, 1.54) is 12.1 Å². The largest absolute Gasteiger partial charge is 0.494 e. The van der Waals surface area contributed by atoms with E-state index in [1.54, 1.807) is 13.0 Å². The van der Waals surface area contributed by atoms with Crippen LogP contribution in [0.5, 0.6) is 5.75 Å². The van der Waals surface area contributed by atoms with Crippen molar-refractivity contribution in [1.82, 2.24) is 0 Å². The molecule has 0 aliphatic heterocycles. The van der Waals surface area contributed by atoms with Gasteiger partial charge in [-0.15, -0.1) is 0 Å². The van der Waals surface area contributed by atoms with Gasteiger partial charge in [0.15, 0.2) is 0 Å². The molecule has 1 aromatic carbocycles. The maximum absolute atomic E-state index is 12.0. The molecule has 0 aliphatic carbocycles. The van der Waals surface area contributed by atoms with Crippen molar-refractivity contribution in [2.75, 3.05) is 23.8 Å². The highest BCUT2D eigenvalue weighted by Crippen LogP contribution is 2.30. The number of nitrogen functional groups attached to an aromatic ring is 1. The van der Waals surface area contributed by atoms with E-state index in [2.05, 4.69) is 0 Å². The molecule has 0 fully saturated rings. The number of nitrogens with two attached hydrogens (primary N) is 1. The first kappa shape index (κ1) is 16.2. The zero-order chi connectivity index (χ0) is 14.5. The minimum Gasteiger partial charge on any atom is -0.494 e. The topological polar surface area (TPSA) is 52.3 Å². The minimum atomic E-state index is -4.30. The Morgan fingerprint density at radius 1 is 1.42 bits per heavy atom. The normalized spacial score (nSPS) is 13.3. The number of alkyl halides is 3. The van der Waals surface area contributed by atoms with Crippen LogP contribution in [0, 0.1) is 0 Å². The molecule has 0 aliphatic rings. The second-order valence-corrected chi connectivity index (χ2v) is 6.18. The highest BCUT2D eigenvalue weighted by Gasteiger charge is 2.28. The van der Waals surface area contributed by atoms with Crippen molar-refractivity contribution in [3.8, 4) is 5.75 Å². The maximum Gasteiger partial charge on any atom is 0.441 e. The SMILES string of the molecule is CCOc1ccc(N)c(S(=O)CCSC(F)(F)F)c1. The molecular weight excluding hydrogens is 299 g/mol. The van der Waals surface area contributed by atoms with Crippen molar-refractivity contribution in [1.29, 1.82) is 0 Å². The monoisotopic (exact) mass is 313 g/mol. The molecule has 0 amide bonds. The van der Waals surface area contributed by atoms with Gasteiger partial charge in [-0.2, -0.15) is 13.2 Å². The molecule has 0 saturated carbocycles. The zero-order valence-corrected chi connectivity index (χ0v) is 11.8. The lowest BCUT2D eigenvalue weighted by atomic mass is 10.3. The fourth-order valence-corrected chi connectivity index (χ4v) is 3.28. The van der Waals surface area contributed by atoms with Crippen LogP contribution in [-0.4, -0.2) is 27.8 Å². The van der Waals surface area contributed by atoms with E-state index in [0.29, 0.717) is 22.9 Å². The Kier molecular flexibility index (Phi) is 5.99. The van der Waals surface area contributed by atoms with Crippen molar-refractivity contribution in [3.05, 3.63) is 18.2 Å².